The molecule has 1 saturated carbocycles. The van der Waals surface area contributed by atoms with Crippen molar-refractivity contribution in [3.8, 4) is 0 Å². The number of rotatable bonds is 3. The first-order valence-corrected chi connectivity index (χ1v) is 6.58. The Balaban J connectivity index is 1.93. The molecule has 1 fully saturated rings. The van der Waals surface area contributed by atoms with Crippen molar-refractivity contribution in [2.75, 3.05) is 0 Å². The summed E-state index contributed by atoms with van der Waals surface area (Å²) in [7, 11) is 0. The Kier molecular flexibility index (Phi) is 4.30. The van der Waals surface area contributed by atoms with E-state index in [1.807, 2.05) is 6.92 Å². The second kappa shape index (κ2) is 5.95. The highest BCUT2D eigenvalue weighted by Crippen LogP contribution is 2.17. The van der Waals surface area contributed by atoms with Gasteiger partial charge in [-0.2, -0.15) is 5.10 Å². The lowest BCUT2D eigenvalue weighted by Crippen LogP contribution is -2.48. The molecule has 2 rings (SSSR count). The molecule has 1 aliphatic rings. The third kappa shape index (κ3) is 3.07. The van der Waals surface area contributed by atoms with E-state index in [9.17, 15) is 4.79 Å². The van der Waals surface area contributed by atoms with Crippen LogP contribution in [0.4, 0.5) is 0 Å². The van der Waals surface area contributed by atoms with Crippen LogP contribution in [-0.2, 0) is 4.79 Å². The molecule has 3 unspecified atom stereocenters. The maximum Gasteiger partial charge on any atom is 0.244 e. The monoisotopic (exact) mass is 251 g/mol. The summed E-state index contributed by atoms with van der Waals surface area (Å²) < 4.78 is 1.55. The van der Waals surface area contributed by atoms with E-state index in [0.717, 1.165) is 25.7 Å². The highest BCUT2D eigenvalue weighted by Gasteiger charge is 2.24. The van der Waals surface area contributed by atoms with E-state index in [1.54, 1.807) is 11.0 Å². The van der Waals surface area contributed by atoms with E-state index < -0.39 is 0 Å². The highest BCUT2D eigenvalue weighted by molar-refractivity contribution is 5.80. The van der Waals surface area contributed by atoms with E-state index in [0.29, 0.717) is 0 Å². The topological polar surface area (TPSA) is 85.8 Å². The van der Waals surface area contributed by atoms with Crippen LogP contribution in [0, 0.1) is 0 Å². The standard InChI is InChI=1S/C12H21N5O/c1-9(17-8-14-7-15-17)12(18)16-11-6-4-2-3-5-10(11)13/h7-11H,2-6,13H2,1H3,(H,16,18). The molecule has 0 bridgehead atoms. The summed E-state index contributed by atoms with van der Waals surface area (Å²) in [5, 5.41) is 7.03. The van der Waals surface area contributed by atoms with Gasteiger partial charge in [0.15, 0.2) is 0 Å². The van der Waals surface area contributed by atoms with Crippen LogP contribution < -0.4 is 11.1 Å². The second-order valence-corrected chi connectivity index (χ2v) is 4.97. The number of carbonyl (C=O) groups is 1. The van der Waals surface area contributed by atoms with Gasteiger partial charge in [-0.1, -0.05) is 19.3 Å². The molecule has 0 radical (unpaired) electrons. The molecule has 0 saturated heterocycles. The summed E-state index contributed by atoms with van der Waals surface area (Å²) in [6, 6.07) is -0.187. The summed E-state index contributed by atoms with van der Waals surface area (Å²) in [5.74, 6) is -0.0390. The van der Waals surface area contributed by atoms with Crippen LogP contribution in [0.3, 0.4) is 0 Å². The number of nitrogens with two attached hydrogens (primary N) is 1. The van der Waals surface area contributed by atoms with Crippen molar-refractivity contribution in [3.05, 3.63) is 12.7 Å². The molecule has 3 N–H and O–H groups in total. The largest absolute Gasteiger partial charge is 0.350 e. The number of nitrogens with one attached hydrogen (secondary N) is 1. The number of nitrogens with zero attached hydrogens (tertiary/aromatic N) is 3. The van der Waals surface area contributed by atoms with Crippen LogP contribution in [0.5, 0.6) is 0 Å². The van der Waals surface area contributed by atoms with E-state index in [4.69, 9.17) is 5.73 Å². The summed E-state index contributed by atoms with van der Waals surface area (Å²) in [4.78, 5) is 16.0. The summed E-state index contributed by atoms with van der Waals surface area (Å²) in [6.45, 7) is 1.81. The fourth-order valence-electron chi connectivity index (χ4n) is 2.36. The Labute approximate surface area is 107 Å². The zero-order valence-corrected chi connectivity index (χ0v) is 10.7. The Hall–Kier alpha value is -1.43. The fourth-order valence-corrected chi connectivity index (χ4v) is 2.36. The van der Waals surface area contributed by atoms with Crippen molar-refractivity contribution in [2.24, 2.45) is 5.73 Å². The van der Waals surface area contributed by atoms with E-state index in [-0.39, 0.29) is 24.0 Å². The van der Waals surface area contributed by atoms with Gasteiger partial charge in [0.1, 0.15) is 18.7 Å². The van der Waals surface area contributed by atoms with Crippen molar-refractivity contribution in [3.63, 3.8) is 0 Å². The molecule has 0 spiro atoms. The number of hydrogen-bond acceptors (Lipinski definition) is 4. The average molecular weight is 251 g/mol. The molecule has 1 amide bonds. The van der Waals surface area contributed by atoms with E-state index in [2.05, 4.69) is 15.4 Å². The molecule has 1 aromatic heterocycles. The number of carbonyl (C=O) groups excluding carboxylic acids is 1. The Bertz CT molecular complexity index is 378. The van der Waals surface area contributed by atoms with Crippen molar-refractivity contribution in [1.82, 2.24) is 20.1 Å². The fraction of sp³-hybridized carbons (Fsp3) is 0.750. The predicted molar refractivity (Wildman–Crippen MR) is 67.7 cm³/mol. The van der Waals surface area contributed by atoms with Gasteiger partial charge in [0.25, 0.3) is 0 Å². The van der Waals surface area contributed by atoms with Crippen LogP contribution in [0.1, 0.15) is 45.1 Å². The Morgan fingerprint density at radius 2 is 2.22 bits per heavy atom. The predicted octanol–water partition coefficient (Wildman–Crippen LogP) is 0.615. The van der Waals surface area contributed by atoms with Gasteiger partial charge in [-0.3, -0.25) is 4.79 Å². The number of aromatic nitrogens is 3. The van der Waals surface area contributed by atoms with E-state index >= 15 is 0 Å². The Morgan fingerprint density at radius 3 is 2.94 bits per heavy atom. The Morgan fingerprint density at radius 1 is 1.44 bits per heavy atom. The summed E-state index contributed by atoms with van der Waals surface area (Å²) in [6.07, 6.45) is 8.44. The van der Waals surface area contributed by atoms with Crippen LogP contribution in [0.25, 0.3) is 0 Å². The molecule has 1 heterocycles. The molecule has 6 heteroatoms. The normalized spacial score (nSPS) is 26.3. The minimum Gasteiger partial charge on any atom is -0.350 e. The zero-order chi connectivity index (χ0) is 13.0. The van der Waals surface area contributed by atoms with Gasteiger partial charge in [-0.15, -0.1) is 0 Å². The van der Waals surface area contributed by atoms with Crippen LogP contribution in [0.2, 0.25) is 0 Å². The lowest BCUT2D eigenvalue weighted by atomic mass is 10.0. The molecule has 6 nitrogen and oxygen atoms in total. The van der Waals surface area contributed by atoms with Crippen LogP contribution in [-0.4, -0.2) is 32.8 Å². The zero-order valence-electron chi connectivity index (χ0n) is 10.7. The van der Waals surface area contributed by atoms with Gasteiger partial charge in [0, 0.05) is 12.1 Å². The van der Waals surface area contributed by atoms with Crippen molar-refractivity contribution in [2.45, 2.75) is 57.2 Å². The van der Waals surface area contributed by atoms with Gasteiger partial charge in [-0.05, 0) is 19.8 Å². The molecular formula is C12H21N5O. The minimum absolute atomic E-state index is 0.0390. The first-order valence-electron chi connectivity index (χ1n) is 6.58. The third-order valence-corrected chi connectivity index (χ3v) is 3.61. The molecule has 0 aliphatic heterocycles. The number of amides is 1. The lowest BCUT2D eigenvalue weighted by Gasteiger charge is -2.24. The molecule has 100 valence electrons. The average Bonchev–Trinajstić information content (AvgIpc) is 2.82. The second-order valence-electron chi connectivity index (χ2n) is 4.97. The molecule has 18 heavy (non-hydrogen) atoms. The molecular weight excluding hydrogens is 230 g/mol. The lowest BCUT2D eigenvalue weighted by molar-refractivity contribution is -0.125. The maximum absolute atomic E-state index is 12.1. The SMILES string of the molecule is CC(C(=O)NC1CCCCCC1N)n1cncn1. The minimum atomic E-state index is -0.344. The highest BCUT2D eigenvalue weighted by atomic mass is 16.2. The first kappa shape index (κ1) is 13.0. The molecule has 0 aromatic carbocycles. The quantitative estimate of drug-likeness (QED) is 0.771. The van der Waals surface area contributed by atoms with E-state index in [1.165, 1.54) is 12.7 Å². The third-order valence-electron chi connectivity index (χ3n) is 3.61. The van der Waals surface area contributed by atoms with Gasteiger partial charge in [0.05, 0.1) is 0 Å². The van der Waals surface area contributed by atoms with Gasteiger partial charge in [0.2, 0.25) is 5.91 Å². The van der Waals surface area contributed by atoms with Crippen molar-refractivity contribution in [1.29, 1.82) is 0 Å². The van der Waals surface area contributed by atoms with Gasteiger partial charge < -0.3 is 11.1 Å². The van der Waals surface area contributed by atoms with Gasteiger partial charge >= 0.3 is 0 Å². The van der Waals surface area contributed by atoms with Crippen LogP contribution in [0.15, 0.2) is 12.7 Å². The molecule has 1 aromatic rings. The molecule has 1 aliphatic carbocycles. The summed E-state index contributed by atoms with van der Waals surface area (Å²) >= 11 is 0. The molecule has 3 atom stereocenters. The van der Waals surface area contributed by atoms with Crippen molar-refractivity contribution < 1.29 is 4.79 Å². The van der Waals surface area contributed by atoms with Crippen LogP contribution >= 0.6 is 0 Å². The first-order chi connectivity index (χ1) is 8.68. The van der Waals surface area contributed by atoms with Gasteiger partial charge in [-0.25, -0.2) is 9.67 Å². The van der Waals surface area contributed by atoms with Crippen molar-refractivity contribution >= 4 is 5.91 Å². The number of hydrogen-bond donors (Lipinski definition) is 2. The maximum atomic E-state index is 12.1. The smallest absolute Gasteiger partial charge is 0.244 e. The summed E-state index contributed by atoms with van der Waals surface area (Å²) in [5.41, 5.74) is 6.10.